The van der Waals surface area contributed by atoms with Gasteiger partial charge in [-0.05, 0) is 35.2 Å². The molecule has 2 radical (unpaired) electrons. The van der Waals surface area contributed by atoms with Gasteiger partial charge in [0.05, 0.1) is 0 Å². The van der Waals surface area contributed by atoms with Gasteiger partial charge in [0.1, 0.15) is 0 Å². The zero-order valence-electron chi connectivity index (χ0n) is 6.07. The minimum absolute atomic E-state index is 0.663. The molecule has 0 aromatic heterocycles. The van der Waals surface area contributed by atoms with Crippen molar-refractivity contribution < 1.29 is 0 Å². The molecule has 50 valence electrons. The number of allylic oxidation sites excluding steroid dienone is 4. The van der Waals surface area contributed by atoms with Crippen LogP contribution in [0.15, 0.2) is 23.3 Å². The van der Waals surface area contributed by atoms with Crippen molar-refractivity contribution in [2.75, 3.05) is 0 Å². The first-order chi connectivity index (χ1) is 5.29. The molecule has 11 heavy (non-hydrogen) atoms. The van der Waals surface area contributed by atoms with Crippen LogP contribution in [0.5, 0.6) is 0 Å². The summed E-state index contributed by atoms with van der Waals surface area (Å²) < 4.78 is 0. The largest absolute Gasteiger partial charge is 0.0792 e. The summed E-state index contributed by atoms with van der Waals surface area (Å²) in [5, 5.41) is 1.11. The third-order valence-corrected chi connectivity index (χ3v) is 2.17. The summed E-state index contributed by atoms with van der Waals surface area (Å²) in [6, 6.07) is 0. The highest BCUT2D eigenvalue weighted by molar-refractivity contribution is 6.45. The van der Waals surface area contributed by atoms with E-state index in [1.165, 1.54) is 0 Å². The second-order valence-electron chi connectivity index (χ2n) is 2.25. The number of rotatable bonds is 0. The van der Waals surface area contributed by atoms with Gasteiger partial charge in [-0.1, -0.05) is 23.1 Å². The van der Waals surface area contributed by atoms with Gasteiger partial charge in [0.25, 0.3) is 0 Å². The second kappa shape index (κ2) is 3.19. The van der Waals surface area contributed by atoms with Crippen LogP contribution in [0.1, 0.15) is 6.42 Å². The quantitative estimate of drug-likeness (QED) is 0.346. The van der Waals surface area contributed by atoms with Gasteiger partial charge >= 0.3 is 0 Å². The van der Waals surface area contributed by atoms with Crippen LogP contribution in [0.25, 0.3) is 0 Å². The van der Waals surface area contributed by atoms with E-state index in [1.807, 2.05) is 6.08 Å². The van der Waals surface area contributed by atoms with Crippen molar-refractivity contribution in [2.24, 2.45) is 0 Å². The summed E-state index contributed by atoms with van der Waals surface area (Å²) in [5.74, 6) is 4.60. The maximum atomic E-state index is 6.98. The molecular weight excluding hydrogens is 148 g/mol. The van der Waals surface area contributed by atoms with E-state index in [0.29, 0.717) is 5.57 Å². The van der Waals surface area contributed by atoms with Crippen LogP contribution in [-0.2, 0) is 0 Å². The Morgan fingerprint density at radius 3 is 2.55 bits per heavy atom. The molecule has 1 aliphatic rings. The van der Waals surface area contributed by atoms with E-state index < -0.39 is 0 Å². The first-order valence-electron chi connectivity index (χ1n) is 3.24. The van der Waals surface area contributed by atoms with Gasteiger partial charge < -0.3 is 0 Å². The zero-order chi connectivity index (χ0) is 8.27. The smallest absolute Gasteiger partial charge is 0.0408 e. The van der Waals surface area contributed by atoms with Crippen molar-refractivity contribution in [2.45, 2.75) is 6.42 Å². The molecule has 0 bridgehead atoms. The normalized spacial score (nSPS) is 16.0. The van der Waals surface area contributed by atoms with E-state index in [1.54, 1.807) is 15.9 Å². The molecular formula is C10H6Si. The standard InChI is InChI=1S/C10H6Si/c1-3-8-6-5-7-10(11)9(8)4-2/h5-6H,7,11H2. The molecule has 0 nitrogen and oxygen atoms in total. The van der Waals surface area contributed by atoms with E-state index in [9.17, 15) is 0 Å². The molecule has 0 N–H and O–H groups in total. The minimum atomic E-state index is 0.663. The van der Waals surface area contributed by atoms with Gasteiger partial charge in [-0.2, -0.15) is 0 Å². The monoisotopic (exact) mass is 154 g/mol. The van der Waals surface area contributed by atoms with Crippen molar-refractivity contribution in [1.29, 1.82) is 0 Å². The van der Waals surface area contributed by atoms with E-state index >= 15 is 0 Å². The molecule has 0 amide bonds. The van der Waals surface area contributed by atoms with Gasteiger partial charge in [0.2, 0.25) is 0 Å². The molecule has 1 rings (SSSR count). The molecule has 1 heteroatoms. The lowest BCUT2D eigenvalue weighted by molar-refractivity contribution is 1.44. The number of hydrogen-bond acceptors (Lipinski definition) is 0. The Bertz CT molecular complexity index is 329. The Hall–Kier alpha value is -1.31. The summed E-state index contributed by atoms with van der Waals surface area (Å²) in [6.07, 6.45) is 18.6. The number of hydrogen-bond donors (Lipinski definition) is 0. The van der Waals surface area contributed by atoms with Gasteiger partial charge in [-0.25, -0.2) is 0 Å². The molecule has 0 fully saturated rings. The molecule has 0 aliphatic heterocycles. The lowest BCUT2D eigenvalue weighted by Crippen LogP contribution is -2.06. The van der Waals surface area contributed by atoms with E-state index in [0.717, 1.165) is 17.2 Å². The molecule has 0 spiro atoms. The van der Waals surface area contributed by atoms with Crippen LogP contribution in [0.4, 0.5) is 0 Å². The third-order valence-electron chi connectivity index (χ3n) is 1.53. The Balaban J connectivity index is 3.21. The Labute approximate surface area is 70.0 Å². The Morgan fingerprint density at radius 1 is 1.36 bits per heavy atom. The average molecular weight is 154 g/mol. The maximum Gasteiger partial charge on any atom is 0.0408 e. The predicted molar refractivity (Wildman–Crippen MR) is 48.6 cm³/mol. The Kier molecular flexibility index (Phi) is 2.26. The fourth-order valence-electron chi connectivity index (χ4n) is 0.955. The van der Waals surface area contributed by atoms with Gasteiger partial charge in [0.15, 0.2) is 0 Å². The summed E-state index contributed by atoms with van der Waals surface area (Å²) in [4.78, 5) is 0. The van der Waals surface area contributed by atoms with Crippen LogP contribution < -0.4 is 0 Å². The van der Waals surface area contributed by atoms with Gasteiger partial charge in [-0.3, -0.25) is 0 Å². The molecule has 0 aromatic carbocycles. The van der Waals surface area contributed by atoms with E-state index in [-0.39, 0.29) is 0 Å². The van der Waals surface area contributed by atoms with Crippen LogP contribution in [-0.4, -0.2) is 15.0 Å². The van der Waals surface area contributed by atoms with Gasteiger partial charge in [0, 0.05) is 11.1 Å². The molecule has 0 heterocycles. The molecule has 0 aromatic rings. The van der Waals surface area contributed by atoms with Crippen molar-refractivity contribution >= 4 is 15.0 Å². The molecule has 0 unspecified atom stereocenters. The fraction of sp³-hybridized carbons (Fsp3) is 0.100. The summed E-state index contributed by atoms with van der Waals surface area (Å²) in [6.45, 7) is 0. The lowest BCUT2D eigenvalue weighted by Gasteiger charge is -2.08. The molecule has 0 saturated carbocycles. The van der Waals surface area contributed by atoms with Crippen molar-refractivity contribution in [3.05, 3.63) is 36.1 Å². The molecule has 0 atom stereocenters. The zero-order valence-corrected chi connectivity index (χ0v) is 7.48. The maximum absolute atomic E-state index is 6.98. The van der Waals surface area contributed by atoms with Crippen LogP contribution in [0.3, 0.4) is 0 Å². The van der Waals surface area contributed by atoms with Crippen LogP contribution >= 0.6 is 0 Å². The summed E-state index contributed by atoms with van der Waals surface area (Å²) in [7, 11) is 1.74. The SMILES string of the molecule is [C]#CC1=C(C#[C])C(=[SiH2])CC=C1. The molecule has 0 saturated heterocycles. The first-order valence-corrected chi connectivity index (χ1v) is 3.94. The molecule has 1 aliphatic carbocycles. The van der Waals surface area contributed by atoms with E-state index in [4.69, 9.17) is 12.8 Å². The van der Waals surface area contributed by atoms with Crippen LogP contribution in [0.2, 0.25) is 0 Å². The summed E-state index contributed by atoms with van der Waals surface area (Å²) >= 11 is 0. The Morgan fingerprint density at radius 2 is 2.09 bits per heavy atom. The first kappa shape index (κ1) is 7.79. The van der Waals surface area contributed by atoms with E-state index in [2.05, 4.69) is 11.8 Å². The topological polar surface area (TPSA) is 0 Å². The minimum Gasteiger partial charge on any atom is -0.0792 e. The highest BCUT2D eigenvalue weighted by Crippen LogP contribution is 2.13. The predicted octanol–water partition coefficient (Wildman–Crippen LogP) is 0.228. The van der Waals surface area contributed by atoms with Crippen molar-refractivity contribution in [3.63, 3.8) is 0 Å². The third kappa shape index (κ3) is 1.39. The average Bonchev–Trinajstić information content (AvgIpc) is 2.04. The lowest BCUT2D eigenvalue weighted by atomic mass is 9.98. The van der Waals surface area contributed by atoms with Crippen LogP contribution in [0, 0.1) is 24.7 Å². The summed E-state index contributed by atoms with van der Waals surface area (Å²) in [5.41, 5.74) is 1.39. The second-order valence-corrected chi connectivity index (χ2v) is 3.10. The highest BCUT2D eigenvalue weighted by atomic mass is 28.1. The highest BCUT2D eigenvalue weighted by Gasteiger charge is 2.06. The van der Waals surface area contributed by atoms with Crippen molar-refractivity contribution in [3.8, 4) is 11.8 Å². The fourth-order valence-corrected chi connectivity index (χ4v) is 1.40. The van der Waals surface area contributed by atoms with Crippen molar-refractivity contribution in [1.82, 2.24) is 0 Å². The van der Waals surface area contributed by atoms with Gasteiger partial charge in [-0.15, -0.1) is 0 Å².